The molecule has 2 fully saturated rings. The van der Waals surface area contributed by atoms with Crippen LogP contribution >= 0.6 is 11.6 Å². The second kappa shape index (κ2) is 8.03. The highest BCUT2D eigenvalue weighted by Crippen LogP contribution is 2.24. The van der Waals surface area contributed by atoms with Gasteiger partial charge in [0.05, 0.1) is 48.7 Å². The van der Waals surface area contributed by atoms with Crippen molar-refractivity contribution in [1.29, 1.82) is 0 Å². The Morgan fingerprint density at radius 2 is 2.04 bits per heavy atom. The van der Waals surface area contributed by atoms with Gasteiger partial charge in [-0.2, -0.15) is 0 Å². The molecule has 2 atom stereocenters. The average Bonchev–Trinajstić information content (AvgIpc) is 3.27. The molecule has 2 saturated heterocycles. The van der Waals surface area contributed by atoms with Crippen molar-refractivity contribution < 1.29 is 19.1 Å². The molecule has 2 N–H and O–H groups in total. The maximum Gasteiger partial charge on any atom is 0.337 e. The fraction of sp³-hybridized carbons (Fsp3) is 0.529. The van der Waals surface area contributed by atoms with Gasteiger partial charge in [-0.3, -0.25) is 4.90 Å². The molecule has 2 aliphatic heterocycles. The van der Waals surface area contributed by atoms with E-state index in [4.69, 9.17) is 16.3 Å². The first-order chi connectivity index (χ1) is 12.1. The van der Waals surface area contributed by atoms with Gasteiger partial charge in [-0.15, -0.1) is 0 Å². The zero-order valence-electron chi connectivity index (χ0n) is 14.1. The molecule has 1 aromatic rings. The smallest absolute Gasteiger partial charge is 0.337 e. The molecule has 0 aromatic heterocycles. The number of anilines is 1. The molecule has 0 saturated carbocycles. The van der Waals surface area contributed by atoms with E-state index < -0.39 is 5.97 Å². The van der Waals surface area contributed by atoms with Crippen LogP contribution in [0.25, 0.3) is 0 Å². The van der Waals surface area contributed by atoms with E-state index in [1.165, 1.54) is 26.0 Å². The molecular weight excluding hydrogens is 346 g/mol. The van der Waals surface area contributed by atoms with Crippen LogP contribution in [0.15, 0.2) is 18.2 Å². The van der Waals surface area contributed by atoms with Crippen LogP contribution in [0.5, 0.6) is 0 Å². The van der Waals surface area contributed by atoms with E-state index in [-0.39, 0.29) is 23.1 Å². The van der Waals surface area contributed by atoms with Crippen LogP contribution in [-0.2, 0) is 9.47 Å². The van der Waals surface area contributed by atoms with Gasteiger partial charge < -0.3 is 20.1 Å². The number of methoxy groups -OCH3 is 1. The summed E-state index contributed by atoms with van der Waals surface area (Å²) in [7, 11) is 1.30. The quantitative estimate of drug-likeness (QED) is 0.797. The van der Waals surface area contributed by atoms with E-state index in [0.29, 0.717) is 24.5 Å². The van der Waals surface area contributed by atoms with E-state index in [2.05, 4.69) is 20.3 Å². The zero-order chi connectivity index (χ0) is 17.8. The van der Waals surface area contributed by atoms with E-state index in [0.717, 1.165) is 13.1 Å². The maximum atomic E-state index is 12.3. The lowest BCUT2D eigenvalue weighted by molar-refractivity contribution is 0.0600. The minimum atomic E-state index is -0.477. The fourth-order valence-corrected chi connectivity index (χ4v) is 3.53. The van der Waals surface area contributed by atoms with Gasteiger partial charge in [0.15, 0.2) is 0 Å². The van der Waals surface area contributed by atoms with Crippen LogP contribution in [-0.4, -0.2) is 62.4 Å². The van der Waals surface area contributed by atoms with E-state index >= 15 is 0 Å². The number of carbonyl (C=O) groups excluding carboxylic acids is 2. The lowest BCUT2D eigenvalue weighted by Gasteiger charge is -2.28. The van der Waals surface area contributed by atoms with Crippen LogP contribution in [0.4, 0.5) is 10.5 Å². The third-order valence-electron chi connectivity index (χ3n) is 4.62. The molecule has 0 spiro atoms. The first kappa shape index (κ1) is 18.0. The molecule has 2 heterocycles. The van der Waals surface area contributed by atoms with Crippen molar-refractivity contribution in [3.8, 4) is 0 Å². The number of hydrogen-bond donors (Lipinski definition) is 2. The maximum absolute atomic E-state index is 12.3. The van der Waals surface area contributed by atoms with Crippen LogP contribution < -0.4 is 10.6 Å². The third-order valence-corrected chi connectivity index (χ3v) is 4.93. The van der Waals surface area contributed by atoms with Crippen molar-refractivity contribution in [2.45, 2.75) is 24.9 Å². The second-order valence-electron chi connectivity index (χ2n) is 6.24. The van der Waals surface area contributed by atoms with Crippen molar-refractivity contribution in [3.63, 3.8) is 0 Å². The summed E-state index contributed by atoms with van der Waals surface area (Å²) in [6.07, 6.45) is 2.38. The highest BCUT2D eigenvalue weighted by atomic mass is 35.5. The lowest BCUT2D eigenvalue weighted by atomic mass is 10.1. The molecule has 1 aromatic carbocycles. The number of ether oxygens (including phenoxy) is 2. The van der Waals surface area contributed by atoms with Gasteiger partial charge in [-0.05, 0) is 44.1 Å². The lowest BCUT2D eigenvalue weighted by Crippen LogP contribution is -2.51. The topological polar surface area (TPSA) is 79.9 Å². The number of amides is 2. The minimum absolute atomic E-state index is 0.0498. The van der Waals surface area contributed by atoms with Crippen LogP contribution in [0.1, 0.15) is 23.2 Å². The van der Waals surface area contributed by atoms with Gasteiger partial charge >= 0.3 is 12.0 Å². The number of rotatable bonds is 4. The Bertz CT molecular complexity index is 649. The Balaban J connectivity index is 1.59. The molecular formula is C17H22ClN3O4. The minimum Gasteiger partial charge on any atom is -0.465 e. The predicted molar refractivity (Wildman–Crippen MR) is 94.1 cm³/mol. The first-order valence-electron chi connectivity index (χ1n) is 8.35. The van der Waals surface area contributed by atoms with E-state index in [9.17, 15) is 9.59 Å². The Morgan fingerprint density at radius 1 is 1.28 bits per heavy atom. The van der Waals surface area contributed by atoms with Crippen LogP contribution in [0.3, 0.4) is 0 Å². The van der Waals surface area contributed by atoms with Crippen molar-refractivity contribution >= 4 is 29.3 Å². The summed E-state index contributed by atoms with van der Waals surface area (Å²) in [4.78, 5) is 26.2. The normalized spacial score (nSPS) is 23.4. The molecule has 2 aliphatic rings. The Morgan fingerprint density at radius 3 is 2.72 bits per heavy atom. The summed E-state index contributed by atoms with van der Waals surface area (Å²) in [5, 5.41) is 5.96. The number of benzene rings is 1. The third kappa shape index (κ3) is 4.23. The number of likely N-dealkylation sites (tertiary alicyclic amines) is 1. The van der Waals surface area contributed by atoms with Gasteiger partial charge in [-0.25, -0.2) is 9.59 Å². The summed E-state index contributed by atoms with van der Waals surface area (Å²) in [6.45, 7) is 3.24. The standard InChI is InChI=1S/C17H22ClN3O4/c1-24-16(22)11-4-5-13(12(18)8-11)19-17(23)20-14-9-25-10-15(14)21-6-2-3-7-21/h4-5,8,14-15H,2-3,6-7,9-10H2,1H3,(H2,19,20,23). The van der Waals surface area contributed by atoms with E-state index in [1.807, 2.05) is 0 Å². The summed E-state index contributed by atoms with van der Waals surface area (Å²) < 4.78 is 10.2. The molecule has 7 nitrogen and oxygen atoms in total. The van der Waals surface area contributed by atoms with Gasteiger partial charge in [0.25, 0.3) is 0 Å². The zero-order valence-corrected chi connectivity index (χ0v) is 14.8. The molecule has 8 heteroatoms. The summed E-state index contributed by atoms with van der Waals surface area (Å²) in [5.74, 6) is -0.477. The first-order valence-corrected chi connectivity index (χ1v) is 8.73. The van der Waals surface area contributed by atoms with Crippen molar-refractivity contribution in [2.24, 2.45) is 0 Å². The number of urea groups is 1. The predicted octanol–water partition coefficient (Wildman–Crippen LogP) is 2.11. The monoisotopic (exact) mass is 367 g/mol. The molecule has 136 valence electrons. The highest BCUT2D eigenvalue weighted by Gasteiger charge is 2.35. The molecule has 0 radical (unpaired) electrons. The SMILES string of the molecule is COC(=O)c1ccc(NC(=O)NC2COCC2N2CCCC2)c(Cl)c1. The second-order valence-corrected chi connectivity index (χ2v) is 6.65. The number of hydrogen-bond acceptors (Lipinski definition) is 5. The van der Waals surface area contributed by atoms with Gasteiger partial charge in [0.2, 0.25) is 0 Å². The number of nitrogens with one attached hydrogen (secondary N) is 2. The highest BCUT2D eigenvalue weighted by molar-refractivity contribution is 6.34. The molecule has 2 unspecified atom stereocenters. The number of halogens is 1. The summed E-state index contributed by atoms with van der Waals surface area (Å²) in [5.41, 5.74) is 0.764. The molecule has 0 aliphatic carbocycles. The van der Waals surface area contributed by atoms with E-state index in [1.54, 1.807) is 12.1 Å². The van der Waals surface area contributed by atoms with Crippen LogP contribution in [0.2, 0.25) is 5.02 Å². The molecule has 25 heavy (non-hydrogen) atoms. The number of carbonyl (C=O) groups is 2. The number of esters is 1. The molecule has 2 amide bonds. The Labute approximate surface area is 151 Å². The largest absolute Gasteiger partial charge is 0.465 e. The van der Waals surface area contributed by atoms with Crippen molar-refractivity contribution in [1.82, 2.24) is 10.2 Å². The average molecular weight is 368 g/mol. The van der Waals surface area contributed by atoms with Gasteiger partial charge in [-0.1, -0.05) is 11.6 Å². The van der Waals surface area contributed by atoms with Gasteiger partial charge in [0.1, 0.15) is 0 Å². The molecule has 3 rings (SSSR count). The Kier molecular flexibility index (Phi) is 5.78. The fourth-order valence-electron chi connectivity index (χ4n) is 3.30. The molecule has 0 bridgehead atoms. The van der Waals surface area contributed by atoms with Crippen molar-refractivity contribution in [3.05, 3.63) is 28.8 Å². The van der Waals surface area contributed by atoms with Crippen LogP contribution in [0, 0.1) is 0 Å². The summed E-state index contributed by atoms with van der Waals surface area (Å²) in [6, 6.07) is 4.43. The summed E-state index contributed by atoms with van der Waals surface area (Å²) >= 11 is 6.14. The Hall–Kier alpha value is -1.83. The number of nitrogens with zero attached hydrogens (tertiary/aromatic N) is 1. The van der Waals surface area contributed by atoms with Crippen molar-refractivity contribution in [2.75, 3.05) is 38.7 Å². The van der Waals surface area contributed by atoms with Gasteiger partial charge in [0, 0.05) is 0 Å².